The number of hydrogen-bond donors (Lipinski definition) is 8. The zero-order chi connectivity index (χ0) is 26.4. The van der Waals surface area contributed by atoms with Crippen LogP contribution in [0.2, 0.25) is 0 Å². The summed E-state index contributed by atoms with van der Waals surface area (Å²) >= 11 is 0. The highest BCUT2D eigenvalue weighted by Crippen LogP contribution is 2.58. The second-order valence-electron chi connectivity index (χ2n) is 8.18. The molecule has 10 atom stereocenters. The van der Waals surface area contributed by atoms with Gasteiger partial charge in [-0.25, -0.2) is 15.0 Å². The van der Waals surface area contributed by atoms with Crippen LogP contribution in [0.1, 0.15) is 6.23 Å². The van der Waals surface area contributed by atoms with Crippen molar-refractivity contribution in [3.63, 3.8) is 0 Å². The number of nitrogen functional groups attached to an aromatic ring is 1. The Hall–Kier alpha value is -1.63. The van der Waals surface area contributed by atoms with Crippen LogP contribution in [0.25, 0.3) is 11.2 Å². The van der Waals surface area contributed by atoms with Crippen molar-refractivity contribution in [2.75, 3.05) is 24.9 Å². The molecule has 18 nitrogen and oxygen atoms in total. The molecule has 2 fully saturated rings. The molecule has 0 aromatic carbocycles. The molecular weight excluding hydrogens is 532 g/mol. The quantitative estimate of drug-likeness (QED) is 0.141. The molecule has 2 aliphatic rings. The third-order valence-corrected chi connectivity index (χ3v) is 9.54. The fourth-order valence-electron chi connectivity index (χ4n) is 3.71. The van der Waals surface area contributed by atoms with Gasteiger partial charge in [-0.1, -0.05) is 0 Å². The monoisotopic (exact) mass is 557 g/mol. The first-order chi connectivity index (χ1) is 16.8. The summed E-state index contributed by atoms with van der Waals surface area (Å²) in [6.45, 7) is -1.54. The molecule has 0 amide bonds. The number of aliphatic hydroxyl groups is 5. The Balaban J connectivity index is 1.34. The molecule has 2 aliphatic heterocycles. The number of anilines is 1. The van der Waals surface area contributed by atoms with Crippen LogP contribution in [-0.2, 0) is 27.7 Å². The van der Waals surface area contributed by atoms with Gasteiger partial charge in [-0.2, -0.15) is 0 Å². The van der Waals surface area contributed by atoms with E-state index < -0.39 is 83.5 Å². The summed E-state index contributed by atoms with van der Waals surface area (Å²) in [4.78, 5) is 31.8. The van der Waals surface area contributed by atoms with E-state index in [2.05, 4.69) is 19.5 Å². The van der Waals surface area contributed by atoms with Crippen molar-refractivity contribution in [2.45, 2.75) is 49.1 Å². The van der Waals surface area contributed by atoms with E-state index in [9.17, 15) is 44.4 Å². The van der Waals surface area contributed by atoms with Crippen LogP contribution in [0, 0.1) is 0 Å². The lowest BCUT2D eigenvalue weighted by molar-refractivity contribution is -0.131. The summed E-state index contributed by atoms with van der Waals surface area (Å²) in [5.74, 6) is -1.30. The number of nitrogens with zero attached hydrogens (tertiary/aromatic N) is 4. The van der Waals surface area contributed by atoms with Crippen LogP contribution < -0.4 is 5.73 Å². The number of rotatable bonds is 9. The van der Waals surface area contributed by atoms with Crippen LogP contribution in [0.3, 0.4) is 0 Å². The summed E-state index contributed by atoms with van der Waals surface area (Å²) in [6.07, 6.45) is -9.62. The lowest BCUT2D eigenvalue weighted by Crippen LogP contribution is -2.34. The Labute approximate surface area is 201 Å². The Morgan fingerprint density at radius 1 is 0.889 bits per heavy atom. The average Bonchev–Trinajstić information content (AvgIpc) is 3.42. The van der Waals surface area contributed by atoms with Gasteiger partial charge in [0, 0.05) is 0 Å². The predicted molar refractivity (Wildman–Crippen MR) is 115 cm³/mol. The van der Waals surface area contributed by atoms with Gasteiger partial charge < -0.3 is 59.6 Å². The molecule has 2 saturated heterocycles. The molecule has 20 heteroatoms. The van der Waals surface area contributed by atoms with E-state index in [1.165, 1.54) is 10.9 Å². The summed E-state index contributed by atoms with van der Waals surface area (Å²) < 4.78 is 45.7. The molecule has 0 spiro atoms. The highest BCUT2D eigenvalue weighted by molar-refractivity contribution is 7.70. The third kappa shape index (κ3) is 5.61. The second kappa shape index (κ2) is 10.3. The lowest BCUT2D eigenvalue weighted by atomic mass is 10.1. The number of hydrogen-bond acceptors (Lipinski definition) is 15. The van der Waals surface area contributed by atoms with Crippen molar-refractivity contribution >= 4 is 32.2 Å². The van der Waals surface area contributed by atoms with Crippen LogP contribution in [0.4, 0.5) is 5.82 Å². The van der Waals surface area contributed by atoms with Crippen molar-refractivity contribution in [1.29, 1.82) is 0 Å². The number of nitrogens with two attached hydrogens (primary N) is 1. The fourth-order valence-corrected chi connectivity index (χ4v) is 6.93. The van der Waals surface area contributed by atoms with Crippen LogP contribution in [0.15, 0.2) is 12.7 Å². The Bertz CT molecular complexity index is 1180. The van der Waals surface area contributed by atoms with Gasteiger partial charge in [0.1, 0.15) is 48.5 Å². The maximum Gasteiger partial charge on any atom is 0.340 e. The topological polar surface area (TPSA) is 282 Å². The Morgan fingerprint density at radius 2 is 1.47 bits per heavy atom. The van der Waals surface area contributed by atoms with Crippen LogP contribution in [-0.4, -0.2) is 117 Å². The summed E-state index contributed by atoms with van der Waals surface area (Å²) in [5, 5.41) is 49.2. The standard InChI is InChI=1S/C16H25N5O13P2/c17-13-8-14(19-3-18-13)21(4-20-8)15-11(24)9(22)6(33-15)1-31-35(27,28)5-36(29,30)32-2-7-10(23)12(25)16(26)34-7/h3-4,6-7,9-12,15-16,22-26H,1-2,5H2,(H,27,28)(H,29,30)(H2,17,18,19)/t6?,7-,9-,10?,11-,12-,15-,16-/m1/s1. The second-order valence-corrected chi connectivity index (χ2v) is 12.4. The van der Waals surface area contributed by atoms with Crippen LogP contribution in [0.5, 0.6) is 0 Å². The first-order valence-corrected chi connectivity index (χ1v) is 13.9. The number of ether oxygens (including phenoxy) is 2. The molecule has 36 heavy (non-hydrogen) atoms. The minimum Gasteiger partial charge on any atom is -0.387 e. The molecule has 2 aromatic heterocycles. The largest absolute Gasteiger partial charge is 0.387 e. The van der Waals surface area contributed by atoms with Gasteiger partial charge in [0.2, 0.25) is 0 Å². The summed E-state index contributed by atoms with van der Waals surface area (Å²) in [7, 11) is -9.60. The third-order valence-electron chi connectivity index (χ3n) is 5.57. The van der Waals surface area contributed by atoms with E-state index in [-0.39, 0.29) is 17.0 Å². The fraction of sp³-hybridized carbons (Fsp3) is 0.688. The highest BCUT2D eigenvalue weighted by atomic mass is 31.2. The molecule has 0 radical (unpaired) electrons. The minimum absolute atomic E-state index is 0.0740. The van der Waals surface area contributed by atoms with E-state index in [0.717, 1.165) is 6.33 Å². The van der Waals surface area contributed by atoms with Crippen LogP contribution >= 0.6 is 15.2 Å². The molecule has 2 aromatic rings. The first-order valence-electron chi connectivity index (χ1n) is 10.4. The highest BCUT2D eigenvalue weighted by Gasteiger charge is 2.47. The van der Waals surface area contributed by atoms with Gasteiger partial charge in [-0.05, 0) is 0 Å². The van der Waals surface area contributed by atoms with E-state index in [1.54, 1.807) is 0 Å². The van der Waals surface area contributed by atoms with Gasteiger partial charge in [-0.3, -0.25) is 13.7 Å². The maximum atomic E-state index is 12.4. The lowest BCUT2D eigenvalue weighted by Gasteiger charge is -2.21. The minimum atomic E-state index is -4.81. The smallest absolute Gasteiger partial charge is 0.340 e. The van der Waals surface area contributed by atoms with Gasteiger partial charge >= 0.3 is 15.2 Å². The van der Waals surface area contributed by atoms with Gasteiger partial charge in [0.15, 0.2) is 29.9 Å². The van der Waals surface area contributed by atoms with Crippen molar-refractivity contribution < 1.29 is 63.0 Å². The zero-order valence-corrected chi connectivity index (χ0v) is 20.0. The van der Waals surface area contributed by atoms with E-state index in [0.29, 0.717) is 0 Å². The Morgan fingerprint density at radius 3 is 2.06 bits per heavy atom. The maximum absolute atomic E-state index is 12.4. The number of aromatic nitrogens is 4. The van der Waals surface area contributed by atoms with E-state index in [1.807, 2.05) is 0 Å². The molecule has 0 aliphatic carbocycles. The molecule has 202 valence electrons. The van der Waals surface area contributed by atoms with Gasteiger partial charge in [0.25, 0.3) is 0 Å². The normalized spacial score (nSPS) is 36.2. The summed E-state index contributed by atoms with van der Waals surface area (Å²) in [6, 6.07) is 0. The van der Waals surface area contributed by atoms with E-state index in [4.69, 9.17) is 19.7 Å². The molecule has 0 saturated carbocycles. The van der Waals surface area contributed by atoms with Crippen molar-refractivity contribution in [1.82, 2.24) is 19.5 Å². The van der Waals surface area contributed by atoms with E-state index >= 15 is 0 Å². The van der Waals surface area contributed by atoms with Crippen molar-refractivity contribution in [3.05, 3.63) is 12.7 Å². The molecule has 0 bridgehead atoms. The first kappa shape index (κ1) is 27.4. The number of imidazole rings is 1. The van der Waals surface area contributed by atoms with Crippen molar-refractivity contribution in [2.24, 2.45) is 0 Å². The average molecular weight is 557 g/mol. The number of aliphatic hydroxyl groups excluding tert-OH is 5. The molecule has 4 unspecified atom stereocenters. The summed E-state index contributed by atoms with van der Waals surface area (Å²) in [5.41, 5.74) is 6.15. The molecule has 4 rings (SSSR count). The number of fused-ring (bicyclic) bond motifs is 1. The van der Waals surface area contributed by atoms with Crippen molar-refractivity contribution in [3.8, 4) is 0 Å². The molecular formula is C16H25N5O13P2. The SMILES string of the molecule is Nc1ncnc2c1ncn2[C@@H]1OC(COP(=O)(O)CP(=O)(O)OC[C@H]2O[C@@H](O)[C@H](O)C2O)[C@@H](O)[C@H]1O. The Kier molecular flexibility index (Phi) is 7.81. The molecule has 4 heterocycles. The predicted octanol–water partition coefficient (Wildman–Crippen LogP) is -3.17. The van der Waals surface area contributed by atoms with Gasteiger partial charge in [0.05, 0.1) is 19.5 Å². The zero-order valence-electron chi connectivity index (χ0n) is 18.2. The van der Waals surface area contributed by atoms with Gasteiger partial charge in [-0.15, -0.1) is 0 Å². The molecule has 9 N–H and O–H groups in total.